The number of carbonyl (C=O) groups is 1. The van der Waals surface area contributed by atoms with Crippen molar-refractivity contribution in [3.05, 3.63) is 18.0 Å². The summed E-state index contributed by atoms with van der Waals surface area (Å²) in [6, 6.07) is 1.27. The molecule has 4 nitrogen and oxygen atoms in total. The second-order valence-corrected chi connectivity index (χ2v) is 3.07. The first-order chi connectivity index (χ1) is 7.15. The molecular formula is C9H13F2N3O. The maximum absolute atomic E-state index is 12.1. The van der Waals surface area contributed by atoms with Crippen LogP contribution < -0.4 is 5.32 Å². The van der Waals surface area contributed by atoms with Gasteiger partial charge in [0.25, 0.3) is 5.91 Å². The highest BCUT2D eigenvalue weighted by molar-refractivity contribution is 5.92. The SMILES string of the molecule is CCCCNC(=O)c1ccn(C(F)F)n1. The lowest BCUT2D eigenvalue weighted by Crippen LogP contribution is -2.25. The number of amides is 1. The fourth-order valence-corrected chi connectivity index (χ4v) is 1.04. The lowest BCUT2D eigenvalue weighted by Gasteiger charge is -2.01. The number of hydrogen-bond donors (Lipinski definition) is 1. The van der Waals surface area contributed by atoms with Crippen LogP contribution in [0.1, 0.15) is 36.8 Å². The van der Waals surface area contributed by atoms with Gasteiger partial charge in [-0.05, 0) is 12.5 Å². The van der Waals surface area contributed by atoms with Crippen LogP contribution >= 0.6 is 0 Å². The Balaban J connectivity index is 2.51. The molecule has 1 N–H and O–H groups in total. The van der Waals surface area contributed by atoms with E-state index in [0.29, 0.717) is 11.2 Å². The highest BCUT2D eigenvalue weighted by Gasteiger charge is 2.12. The van der Waals surface area contributed by atoms with Gasteiger partial charge < -0.3 is 5.32 Å². The molecular weight excluding hydrogens is 204 g/mol. The summed E-state index contributed by atoms with van der Waals surface area (Å²) in [4.78, 5) is 11.3. The van der Waals surface area contributed by atoms with Crippen LogP contribution in [0, 0.1) is 0 Å². The molecule has 0 saturated carbocycles. The molecule has 6 heteroatoms. The van der Waals surface area contributed by atoms with Crippen molar-refractivity contribution in [3.63, 3.8) is 0 Å². The molecule has 0 spiro atoms. The summed E-state index contributed by atoms with van der Waals surface area (Å²) < 4.78 is 24.7. The van der Waals surface area contributed by atoms with E-state index in [9.17, 15) is 13.6 Å². The van der Waals surface area contributed by atoms with Crippen molar-refractivity contribution in [1.82, 2.24) is 15.1 Å². The number of rotatable bonds is 5. The number of nitrogens with one attached hydrogen (secondary N) is 1. The van der Waals surface area contributed by atoms with Crippen molar-refractivity contribution >= 4 is 5.91 Å². The molecule has 0 aliphatic rings. The van der Waals surface area contributed by atoms with Crippen LogP contribution in [-0.4, -0.2) is 22.2 Å². The minimum Gasteiger partial charge on any atom is -0.351 e. The van der Waals surface area contributed by atoms with Crippen LogP contribution in [0.5, 0.6) is 0 Å². The molecule has 0 unspecified atom stereocenters. The van der Waals surface area contributed by atoms with Crippen molar-refractivity contribution in [3.8, 4) is 0 Å². The summed E-state index contributed by atoms with van der Waals surface area (Å²) in [5.41, 5.74) is 0.0198. The van der Waals surface area contributed by atoms with Gasteiger partial charge in [0.2, 0.25) is 0 Å². The zero-order valence-electron chi connectivity index (χ0n) is 8.41. The number of unbranched alkanes of at least 4 members (excludes halogenated alkanes) is 1. The lowest BCUT2D eigenvalue weighted by molar-refractivity contribution is 0.0560. The largest absolute Gasteiger partial charge is 0.351 e. The smallest absolute Gasteiger partial charge is 0.333 e. The standard InChI is InChI=1S/C9H13F2N3O/c1-2-3-5-12-8(15)7-4-6-14(13-7)9(10)11/h4,6,9H,2-3,5H2,1H3,(H,12,15). The van der Waals surface area contributed by atoms with Gasteiger partial charge in [0.1, 0.15) is 5.69 Å². The first-order valence-electron chi connectivity index (χ1n) is 4.76. The van der Waals surface area contributed by atoms with Crippen LogP contribution in [0.2, 0.25) is 0 Å². The van der Waals surface area contributed by atoms with Gasteiger partial charge in [-0.15, -0.1) is 0 Å². The van der Waals surface area contributed by atoms with Crippen molar-refractivity contribution in [2.45, 2.75) is 26.3 Å². The summed E-state index contributed by atoms with van der Waals surface area (Å²) in [6.45, 7) is -0.170. The zero-order valence-corrected chi connectivity index (χ0v) is 8.41. The molecule has 1 amide bonds. The summed E-state index contributed by atoms with van der Waals surface area (Å²) in [5, 5.41) is 6.04. The van der Waals surface area contributed by atoms with Gasteiger partial charge in [0.05, 0.1) is 0 Å². The first-order valence-corrected chi connectivity index (χ1v) is 4.76. The van der Waals surface area contributed by atoms with Crippen molar-refractivity contribution in [2.24, 2.45) is 0 Å². The number of carbonyl (C=O) groups excluding carboxylic acids is 1. The third-order valence-corrected chi connectivity index (χ3v) is 1.86. The Labute approximate surface area is 86.3 Å². The topological polar surface area (TPSA) is 46.9 Å². The Kier molecular flexibility index (Phi) is 4.20. The van der Waals surface area contributed by atoms with Crippen LogP contribution in [0.15, 0.2) is 12.3 Å². The molecule has 0 radical (unpaired) electrons. The first kappa shape index (κ1) is 11.6. The van der Waals surface area contributed by atoms with E-state index in [0.717, 1.165) is 19.0 Å². The quantitative estimate of drug-likeness (QED) is 0.764. The fourth-order valence-electron chi connectivity index (χ4n) is 1.04. The van der Waals surface area contributed by atoms with E-state index < -0.39 is 12.5 Å². The highest BCUT2D eigenvalue weighted by atomic mass is 19.3. The van der Waals surface area contributed by atoms with Gasteiger partial charge in [-0.3, -0.25) is 4.79 Å². The Morgan fingerprint density at radius 3 is 2.93 bits per heavy atom. The Morgan fingerprint density at radius 1 is 1.67 bits per heavy atom. The average Bonchev–Trinajstić information content (AvgIpc) is 2.66. The third kappa shape index (κ3) is 3.30. The van der Waals surface area contributed by atoms with E-state index in [1.54, 1.807) is 0 Å². The lowest BCUT2D eigenvalue weighted by atomic mass is 10.3. The third-order valence-electron chi connectivity index (χ3n) is 1.86. The molecule has 0 fully saturated rings. The number of nitrogens with zero attached hydrogens (tertiary/aromatic N) is 2. The Hall–Kier alpha value is -1.46. The molecule has 0 aliphatic heterocycles. The molecule has 84 valence electrons. The van der Waals surface area contributed by atoms with E-state index in [2.05, 4.69) is 10.4 Å². The van der Waals surface area contributed by atoms with Crippen molar-refractivity contribution in [1.29, 1.82) is 0 Å². The second kappa shape index (κ2) is 5.43. The summed E-state index contributed by atoms with van der Waals surface area (Å²) in [5.74, 6) is -0.414. The maximum atomic E-state index is 12.1. The number of alkyl halides is 2. The van der Waals surface area contributed by atoms with Gasteiger partial charge in [0, 0.05) is 12.7 Å². The van der Waals surface area contributed by atoms with Crippen molar-refractivity contribution in [2.75, 3.05) is 6.54 Å². The highest BCUT2D eigenvalue weighted by Crippen LogP contribution is 2.08. The van der Waals surface area contributed by atoms with Gasteiger partial charge in [-0.1, -0.05) is 13.3 Å². The molecule has 0 aliphatic carbocycles. The molecule has 0 saturated heterocycles. The molecule has 15 heavy (non-hydrogen) atoms. The molecule has 1 aromatic rings. The van der Waals surface area contributed by atoms with Crippen molar-refractivity contribution < 1.29 is 13.6 Å². The van der Waals surface area contributed by atoms with E-state index >= 15 is 0 Å². The van der Waals surface area contributed by atoms with Gasteiger partial charge in [-0.25, -0.2) is 4.68 Å². The van der Waals surface area contributed by atoms with E-state index in [1.807, 2.05) is 6.92 Å². The average molecular weight is 217 g/mol. The van der Waals surface area contributed by atoms with E-state index in [1.165, 1.54) is 6.07 Å². The minimum atomic E-state index is -2.71. The predicted octanol–water partition coefficient (Wildman–Crippen LogP) is 1.81. The van der Waals surface area contributed by atoms with Gasteiger partial charge in [-0.2, -0.15) is 13.9 Å². The maximum Gasteiger partial charge on any atom is 0.333 e. The normalized spacial score (nSPS) is 10.7. The monoisotopic (exact) mass is 217 g/mol. The fraction of sp³-hybridized carbons (Fsp3) is 0.556. The van der Waals surface area contributed by atoms with E-state index in [4.69, 9.17) is 0 Å². The summed E-state index contributed by atoms with van der Waals surface area (Å²) in [7, 11) is 0. The van der Waals surface area contributed by atoms with Crippen LogP contribution in [0.3, 0.4) is 0 Å². The van der Waals surface area contributed by atoms with Gasteiger partial charge >= 0.3 is 6.55 Å². The molecule has 1 heterocycles. The number of aromatic nitrogens is 2. The summed E-state index contributed by atoms with van der Waals surface area (Å²) in [6.07, 6.45) is 2.91. The van der Waals surface area contributed by atoms with Gasteiger partial charge in [0.15, 0.2) is 0 Å². The second-order valence-electron chi connectivity index (χ2n) is 3.07. The Morgan fingerprint density at radius 2 is 2.40 bits per heavy atom. The predicted molar refractivity (Wildman–Crippen MR) is 50.7 cm³/mol. The molecule has 1 aromatic heterocycles. The zero-order chi connectivity index (χ0) is 11.3. The van der Waals surface area contributed by atoms with Crippen LogP contribution in [0.25, 0.3) is 0 Å². The molecule has 0 bridgehead atoms. The minimum absolute atomic E-state index is 0.0198. The molecule has 0 atom stereocenters. The number of hydrogen-bond acceptors (Lipinski definition) is 2. The molecule has 0 aromatic carbocycles. The Bertz CT molecular complexity index is 325. The van der Waals surface area contributed by atoms with Crippen LogP contribution in [0.4, 0.5) is 8.78 Å². The summed E-state index contributed by atoms with van der Waals surface area (Å²) >= 11 is 0. The molecule has 1 rings (SSSR count). The van der Waals surface area contributed by atoms with Crippen LogP contribution in [-0.2, 0) is 0 Å². The van der Waals surface area contributed by atoms with E-state index in [-0.39, 0.29) is 5.69 Å². The number of halogens is 2.